The van der Waals surface area contributed by atoms with Gasteiger partial charge < -0.3 is 10.5 Å². The normalized spacial score (nSPS) is 23.6. The third kappa shape index (κ3) is 6.39. The first kappa shape index (κ1) is 16.4. The smallest absolute Gasteiger partial charge is 0.320 e. The average Bonchev–Trinajstić information content (AvgIpc) is 2.39. The fourth-order valence-corrected chi connectivity index (χ4v) is 2.69. The van der Waals surface area contributed by atoms with Crippen LogP contribution < -0.4 is 5.73 Å². The van der Waals surface area contributed by atoms with Gasteiger partial charge in [-0.2, -0.15) is 0 Å². The summed E-state index contributed by atoms with van der Waals surface area (Å²) in [5.41, 5.74) is 5.94. The fraction of sp³-hybridized carbons (Fsp3) is 0.933. The Bertz CT molecular complexity index is 251. The van der Waals surface area contributed by atoms with Crippen molar-refractivity contribution in [1.29, 1.82) is 0 Å². The molecule has 0 radical (unpaired) electrons. The van der Waals surface area contributed by atoms with Crippen LogP contribution in [0.4, 0.5) is 0 Å². The molecule has 0 aliphatic heterocycles. The van der Waals surface area contributed by atoms with Gasteiger partial charge in [0, 0.05) is 12.1 Å². The van der Waals surface area contributed by atoms with Crippen molar-refractivity contribution in [3.05, 3.63) is 0 Å². The largest absolute Gasteiger partial charge is 0.465 e. The number of nitrogens with two attached hydrogens (primary N) is 1. The summed E-state index contributed by atoms with van der Waals surface area (Å²) >= 11 is 0. The number of esters is 1. The summed E-state index contributed by atoms with van der Waals surface area (Å²) in [6, 6.07) is 0.870. The van der Waals surface area contributed by atoms with Gasteiger partial charge in [-0.05, 0) is 45.1 Å². The molecule has 0 saturated heterocycles. The predicted molar refractivity (Wildman–Crippen MR) is 78.0 cm³/mol. The highest BCUT2D eigenvalue weighted by Crippen LogP contribution is 2.22. The van der Waals surface area contributed by atoms with E-state index in [0.717, 1.165) is 51.5 Å². The quantitative estimate of drug-likeness (QED) is 0.543. The topological polar surface area (TPSA) is 55.6 Å². The van der Waals surface area contributed by atoms with E-state index in [0.29, 0.717) is 25.2 Å². The highest BCUT2D eigenvalue weighted by atomic mass is 16.5. The first-order chi connectivity index (χ1) is 9.17. The SMILES string of the molecule is CCCCOC(=O)CN(CCC)C1CCC(N)CC1. The molecule has 112 valence electrons. The minimum Gasteiger partial charge on any atom is -0.465 e. The van der Waals surface area contributed by atoms with Crippen molar-refractivity contribution in [3.63, 3.8) is 0 Å². The Balaban J connectivity index is 2.36. The average molecular weight is 270 g/mol. The van der Waals surface area contributed by atoms with Crippen LogP contribution in [0.15, 0.2) is 0 Å². The van der Waals surface area contributed by atoms with Crippen molar-refractivity contribution in [2.75, 3.05) is 19.7 Å². The summed E-state index contributed by atoms with van der Waals surface area (Å²) in [6.07, 6.45) is 7.48. The van der Waals surface area contributed by atoms with Crippen molar-refractivity contribution in [3.8, 4) is 0 Å². The third-order valence-corrected chi connectivity index (χ3v) is 3.86. The molecule has 1 fully saturated rings. The number of ether oxygens (including phenoxy) is 1. The molecule has 2 N–H and O–H groups in total. The number of nitrogens with zero attached hydrogens (tertiary/aromatic N) is 1. The van der Waals surface area contributed by atoms with Gasteiger partial charge in [-0.15, -0.1) is 0 Å². The van der Waals surface area contributed by atoms with Gasteiger partial charge >= 0.3 is 5.97 Å². The second kappa shape index (κ2) is 9.32. The molecular formula is C15H30N2O2. The maximum Gasteiger partial charge on any atom is 0.320 e. The zero-order valence-corrected chi connectivity index (χ0v) is 12.6. The van der Waals surface area contributed by atoms with E-state index in [1.807, 2.05) is 0 Å². The van der Waals surface area contributed by atoms with Gasteiger partial charge in [0.15, 0.2) is 0 Å². The van der Waals surface area contributed by atoms with Crippen molar-refractivity contribution in [1.82, 2.24) is 4.90 Å². The Morgan fingerprint density at radius 3 is 2.47 bits per heavy atom. The summed E-state index contributed by atoms with van der Waals surface area (Å²) in [6.45, 7) is 6.23. The number of hydrogen-bond donors (Lipinski definition) is 1. The maximum absolute atomic E-state index is 11.8. The summed E-state index contributed by atoms with van der Waals surface area (Å²) in [5, 5.41) is 0. The monoisotopic (exact) mass is 270 g/mol. The Labute approximate surface area is 117 Å². The van der Waals surface area contributed by atoms with Gasteiger partial charge in [0.25, 0.3) is 0 Å². The summed E-state index contributed by atoms with van der Waals surface area (Å²) < 4.78 is 5.27. The number of carbonyl (C=O) groups excluding carboxylic acids is 1. The second-order valence-electron chi connectivity index (χ2n) is 5.61. The van der Waals surface area contributed by atoms with Crippen molar-refractivity contribution in [2.24, 2.45) is 5.73 Å². The van der Waals surface area contributed by atoms with Gasteiger partial charge in [-0.25, -0.2) is 0 Å². The van der Waals surface area contributed by atoms with E-state index in [2.05, 4.69) is 18.7 Å². The molecule has 1 saturated carbocycles. The van der Waals surface area contributed by atoms with Crippen LogP contribution in [-0.4, -0.2) is 42.6 Å². The number of hydrogen-bond acceptors (Lipinski definition) is 4. The lowest BCUT2D eigenvalue weighted by Crippen LogP contribution is -2.44. The van der Waals surface area contributed by atoms with Crippen LogP contribution >= 0.6 is 0 Å². The number of rotatable bonds is 8. The Kier molecular flexibility index (Phi) is 8.07. The molecule has 0 spiro atoms. The minimum atomic E-state index is -0.0724. The van der Waals surface area contributed by atoms with Crippen LogP contribution in [0.1, 0.15) is 58.8 Å². The molecule has 0 aromatic rings. The van der Waals surface area contributed by atoms with E-state index < -0.39 is 0 Å². The summed E-state index contributed by atoms with van der Waals surface area (Å²) in [5.74, 6) is -0.0724. The Morgan fingerprint density at radius 1 is 1.21 bits per heavy atom. The van der Waals surface area contributed by atoms with Gasteiger partial charge in [0.1, 0.15) is 0 Å². The number of carbonyl (C=O) groups is 1. The first-order valence-corrected chi connectivity index (χ1v) is 7.82. The molecule has 0 bridgehead atoms. The van der Waals surface area contributed by atoms with E-state index in [1.54, 1.807) is 0 Å². The molecule has 0 unspecified atom stereocenters. The van der Waals surface area contributed by atoms with E-state index in [1.165, 1.54) is 0 Å². The van der Waals surface area contributed by atoms with Crippen molar-refractivity contribution < 1.29 is 9.53 Å². The van der Waals surface area contributed by atoms with Gasteiger partial charge in [-0.1, -0.05) is 20.3 Å². The molecule has 1 aliphatic carbocycles. The molecule has 4 heteroatoms. The van der Waals surface area contributed by atoms with E-state index in [-0.39, 0.29) is 5.97 Å². The molecule has 0 heterocycles. The lowest BCUT2D eigenvalue weighted by atomic mass is 9.90. The second-order valence-corrected chi connectivity index (χ2v) is 5.61. The van der Waals surface area contributed by atoms with Crippen LogP contribution in [0.25, 0.3) is 0 Å². The fourth-order valence-electron chi connectivity index (χ4n) is 2.69. The van der Waals surface area contributed by atoms with Crippen molar-refractivity contribution in [2.45, 2.75) is 70.9 Å². The summed E-state index contributed by atoms with van der Waals surface area (Å²) in [7, 11) is 0. The molecule has 4 nitrogen and oxygen atoms in total. The molecule has 19 heavy (non-hydrogen) atoms. The van der Waals surface area contributed by atoms with E-state index in [4.69, 9.17) is 10.5 Å². The third-order valence-electron chi connectivity index (χ3n) is 3.86. The highest BCUT2D eigenvalue weighted by molar-refractivity contribution is 5.71. The Hall–Kier alpha value is -0.610. The van der Waals surface area contributed by atoms with Crippen LogP contribution in [0, 0.1) is 0 Å². The minimum absolute atomic E-state index is 0.0724. The standard InChI is InChI=1S/C15H30N2O2/c1-3-5-11-19-15(18)12-17(10-4-2)14-8-6-13(16)7-9-14/h13-14H,3-12,16H2,1-2H3. The zero-order valence-electron chi connectivity index (χ0n) is 12.6. The zero-order chi connectivity index (χ0) is 14.1. The lowest BCUT2D eigenvalue weighted by Gasteiger charge is -2.35. The molecule has 1 rings (SSSR count). The number of unbranched alkanes of at least 4 members (excludes halogenated alkanes) is 1. The molecule has 0 aromatic carbocycles. The maximum atomic E-state index is 11.8. The van der Waals surface area contributed by atoms with Gasteiger partial charge in [0.2, 0.25) is 0 Å². The van der Waals surface area contributed by atoms with Crippen LogP contribution in [0.2, 0.25) is 0 Å². The molecule has 0 aromatic heterocycles. The van der Waals surface area contributed by atoms with E-state index >= 15 is 0 Å². The lowest BCUT2D eigenvalue weighted by molar-refractivity contribution is -0.145. The van der Waals surface area contributed by atoms with E-state index in [9.17, 15) is 4.79 Å². The van der Waals surface area contributed by atoms with Gasteiger partial charge in [0.05, 0.1) is 13.2 Å². The Morgan fingerprint density at radius 2 is 1.89 bits per heavy atom. The van der Waals surface area contributed by atoms with Crippen molar-refractivity contribution >= 4 is 5.97 Å². The molecule has 1 aliphatic rings. The highest BCUT2D eigenvalue weighted by Gasteiger charge is 2.25. The molecule has 0 amide bonds. The molecule has 0 atom stereocenters. The van der Waals surface area contributed by atoms with Crippen LogP contribution in [0.5, 0.6) is 0 Å². The molecular weight excluding hydrogens is 240 g/mol. The summed E-state index contributed by atoms with van der Waals surface area (Å²) in [4.78, 5) is 14.1. The van der Waals surface area contributed by atoms with Crippen LogP contribution in [0.3, 0.4) is 0 Å². The predicted octanol–water partition coefficient (Wildman–Crippen LogP) is 2.31. The van der Waals surface area contributed by atoms with Crippen LogP contribution in [-0.2, 0) is 9.53 Å². The first-order valence-electron chi connectivity index (χ1n) is 7.82. The van der Waals surface area contributed by atoms with Gasteiger partial charge in [-0.3, -0.25) is 9.69 Å².